The molecule has 0 aliphatic carbocycles. The molecule has 24 heavy (non-hydrogen) atoms. The molecule has 2 aromatic heterocycles. The second-order valence-corrected chi connectivity index (χ2v) is 7.17. The summed E-state index contributed by atoms with van der Waals surface area (Å²) in [6, 6.07) is 3.86. The number of aromatic nitrogens is 3. The van der Waals surface area contributed by atoms with Crippen LogP contribution in [0.4, 0.5) is 5.69 Å². The van der Waals surface area contributed by atoms with Gasteiger partial charge in [-0.05, 0) is 24.5 Å². The molecule has 2 aliphatic heterocycles. The molecule has 1 amide bonds. The molecule has 6 heteroatoms. The minimum absolute atomic E-state index is 0.252. The summed E-state index contributed by atoms with van der Waals surface area (Å²) in [7, 11) is 1.93. The highest BCUT2D eigenvalue weighted by molar-refractivity contribution is 6.00. The van der Waals surface area contributed by atoms with Crippen LogP contribution in [-0.4, -0.2) is 45.2 Å². The van der Waals surface area contributed by atoms with Gasteiger partial charge in [0.2, 0.25) is 5.91 Å². The number of carbonyl (C=O) groups excluding carboxylic acids is 1. The zero-order valence-electron chi connectivity index (χ0n) is 14.2. The first-order chi connectivity index (χ1) is 11.6. The first kappa shape index (κ1) is 15.3. The fourth-order valence-corrected chi connectivity index (χ4v) is 4.27. The third-order valence-electron chi connectivity index (χ3n) is 5.56. The maximum absolute atomic E-state index is 13.2. The van der Waals surface area contributed by atoms with Gasteiger partial charge in [-0.1, -0.05) is 6.92 Å². The summed E-state index contributed by atoms with van der Waals surface area (Å²) in [6.07, 6.45) is 8.41. The van der Waals surface area contributed by atoms with Crippen LogP contribution in [0.5, 0.6) is 0 Å². The van der Waals surface area contributed by atoms with Crippen LogP contribution in [0.1, 0.15) is 18.9 Å². The molecule has 4 rings (SSSR count). The molecule has 2 aliphatic rings. The Balaban J connectivity index is 1.52. The van der Waals surface area contributed by atoms with Gasteiger partial charge in [0.25, 0.3) is 0 Å². The van der Waals surface area contributed by atoms with Gasteiger partial charge in [-0.15, -0.1) is 0 Å². The average Bonchev–Trinajstić information content (AvgIpc) is 3.22. The molecule has 0 aromatic carbocycles. The quantitative estimate of drug-likeness (QED) is 0.862. The molecule has 2 saturated heterocycles. The van der Waals surface area contributed by atoms with Gasteiger partial charge >= 0.3 is 0 Å². The highest BCUT2D eigenvalue weighted by atomic mass is 16.2. The number of nitrogens with zero attached hydrogens (tertiary/aromatic N) is 5. The summed E-state index contributed by atoms with van der Waals surface area (Å²) in [5.74, 6) is 0.625. The number of aryl methyl sites for hydroxylation is 1. The van der Waals surface area contributed by atoms with Crippen LogP contribution < -0.4 is 4.90 Å². The van der Waals surface area contributed by atoms with Crippen LogP contribution in [0.2, 0.25) is 0 Å². The minimum atomic E-state index is -0.252. The standard InChI is InChI=1S/C18H23N5O/c1-14-10-22(12-15-8-20-21(2)11-15)13-18(14)5-7-23(17(18)24)16-4-3-6-19-9-16/h3-4,6,8-9,11,14H,5,7,10,12-13H2,1-2H3/t14-,18-/m1/s1. The third kappa shape index (κ3) is 2.41. The second-order valence-electron chi connectivity index (χ2n) is 7.17. The fraction of sp³-hybridized carbons (Fsp3) is 0.500. The van der Waals surface area contributed by atoms with Crippen LogP contribution in [0.3, 0.4) is 0 Å². The highest BCUT2D eigenvalue weighted by Crippen LogP contribution is 2.46. The van der Waals surface area contributed by atoms with E-state index in [1.165, 1.54) is 5.56 Å². The fourth-order valence-electron chi connectivity index (χ4n) is 4.27. The smallest absolute Gasteiger partial charge is 0.234 e. The Morgan fingerprint density at radius 3 is 2.96 bits per heavy atom. The minimum Gasteiger partial charge on any atom is -0.310 e. The van der Waals surface area contributed by atoms with E-state index >= 15 is 0 Å². The van der Waals surface area contributed by atoms with Crippen molar-refractivity contribution < 1.29 is 4.79 Å². The van der Waals surface area contributed by atoms with Gasteiger partial charge in [0.05, 0.1) is 23.5 Å². The van der Waals surface area contributed by atoms with E-state index in [1.54, 1.807) is 12.4 Å². The van der Waals surface area contributed by atoms with E-state index in [0.717, 1.165) is 38.3 Å². The number of anilines is 1. The summed E-state index contributed by atoms with van der Waals surface area (Å²) in [6.45, 7) is 5.66. The van der Waals surface area contributed by atoms with Crippen molar-refractivity contribution in [2.75, 3.05) is 24.5 Å². The van der Waals surface area contributed by atoms with Gasteiger partial charge in [-0.3, -0.25) is 19.4 Å². The maximum Gasteiger partial charge on any atom is 0.234 e. The summed E-state index contributed by atoms with van der Waals surface area (Å²) in [4.78, 5) is 21.7. The largest absolute Gasteiger partial charge is 0.310 e. The number of amides is 1. The van der Waals surface area contributed by atoms with E-state index in [1.807, 2.05) is 41.2 Å². The SMILES string of the molecule is C[C@@H]1CN(Cc2cnn(C)c2)C[C@]12CCN(c1cccnc1)C2=O. The molecule has 2 fully saturated rings. The second kappa shape index (κ2) is 5.70. The first-order valence-electron chi connectivity index (χ1n) is 8.50. The van der Waals surface area contributed by atoms with Crippen molar-refractivity contribution in [3.8, 4) is 0 Å². The number of rotatable bonds is 3. The van der Waals surface area contributed by atoms with Crippen molar-refractivity contribution in [1.82, 2.24) is 19.7 Å². The molecule has 6 nitrogen and oxygen atoms in total. The summed E-state index contributed by atoms with van der Waals surface area (Å²) in [5, 5.41) is 4.24. The van der Waals surface area contributed by atoms with Crippen molar-refractivity contribution in [2.24, 2.45) is 18.4 Å². The van der Waals surface area contributed by atoms with Crippen LogP contribution in [-0.2, 0) is 18.4 Å². The van der Waals surface area contributed by atoms with Crippen LogP contribution in [0.15, 0.2) is 36.9 Å². The molecule has 126 valence electrons. The Morgan fingerprint density at radius 1 is 1.38 bits per heavy atom. The Morgan fingerprint density at radius 2 is 2.25 bits per heavy atom. The van der Waals surface area contributed by atoms with E-state index in [2.05, 4.69) is 21.9 Å². The molecular weight excluding hydrogens is 302 g/mol. The number of hydrogen-bond acceptors (Lipinski definition) is 4. The van der Waals surface area contributed by atoms with Gasteiger partial charge in [-0.2, -0.15) is 5.10 Å². The summed E-state index contributed by atoms with van der Waals surface area (Å²) in [5.41, 5.74) is 1.87. The van der Waals surface area contributed by atoms with E-state index in [-0.39, 0.29) is 11.3 Å². The van der Waals surface area contributed by atoms with Crippen LogP contribution >= 0.6 is 0 Å². The molecule has 4 heterocycles. The zero-order valence-corrected chi connectivity index (χ0v) is 14.2. The zero-order chi connectivity index (χ0) is 16.7. The Hall–Kier alpha value is -2.21. The van der Waals surface area contributed by atoms with Crippen molar-refractivity contribution in [2.45, 2.75) is 19.9 Å². The summed E-state index contributed by atoms with van der Waals surface area (Å²) < 4.78 is 1.83. The molecule has 0 bridgehead atoms. The lowest BCUT2D eigenvalue weighted by molar-refractivity contribution is -0.126. The van der Waals surface area contributed by atoms with Crippen molar-refractivity contribution in [3.63, 3.8) is 0 Å². The molecule has 0 N–H and O–H groups in total. The Labute approximate surface area is 142 Å². The van der Waals surface area contributed by atoms with E-state index < -0.39 is 0 Å². The molecular formula is C18H23N5O. The number of pyridine rings is 1. The van der Waals surface area contributed by atoms with Gasteiger partial charge in [0.1, 0.15) is 0 Å². The average molecular weight is 325 g/mol. The Bertz CT molecular complexity index is 743. The van der Waals surface area contributed by atoms with Gasteiger partial charge in [-0.25, -0.2) is 0 Å². The monoisotopic (exact) mass is 325 g/mol. The third-order valence-corrected chi connectivity index (χ3v) is 5.56. The normalized spacial score (nSPS) is 27.5. The molecule has 2 aromatic rings. The molecule has 0 radical (unpaired) electrons. The lowest BCUT2D eigenvalue weighted by Gasteiger charge is -2.26. The predicted octanol–water partition coefficient (Wildman–Crippen LogP) is 1.69. The summed E-state index contributed by atoms with van der Waals surface area (Å²) >= 11 is 0. The highest BCUT2D eigenvalue weighted by Gasteiger charge is 2.55. The Kier molecular flexibility index (Phi) is 3.64. The topological polar surface area (TPSA) is 54.3 Å². The van der Waals surface area contributed by atoms with Crippen molar-refractivity contribution in [3.05, 3.63) is 42.5 Å². The maximum atomic E-state index is 13.2. The number of likely N-dealkylation sites (tertiary alicyclic amines) is 1. The van der Waals surface area contributed by atoms with Crippen LogP contribution in [0.25, 0.3) is 0 Å². The predicted molar refractivity (Wildman–Crippen MR) is 91.3 cm³/mol. The first-order valence-corrected chi connectivity index (χ1v) is 8.50. The van der Waals surface area contributed by atoms with E-state index in [9.17, 15) is 4.79 Å². The van der Waals surface area contributed by atoms with Gasteiger partial charge in [0, 0.05) is 51.2 Å². The van der Waals surface area contributed by atoms with E-state index in [0.29, 0.717) is 5.92 Å². The molecule has 0 saturated carbocycles. The van der Waals surface area contributed by atoms with Crippen molar-refractivity contribution in [1.29, 1.82) is 0 Å². The van der Waals surface area contributed by atoms with Gasteiger partial charge in [0.15, 0.2) is 0 Å². The van der Waals surface area contributed by atoms with Crippen molar-refractivity contribution >= 4 is 11.6 Å². The van der Waals surface area contributed by atoms with E-state index in [4.69, 9.17) is 0 Å². The number of carbonyl (C=O) groups is 1. The lowest BCUT2D eigenvalue weighted by Crippen LogP contribution is -2.39. The van der Waals surface area contributed by atoms with Crippen LogP contribution in [0, 0.1) is 11.3 Å². The molecule has 1 spiro atoms. The van der Waals surface area contributed by atoms with Gasteiger partial charge < -0.3 is 4.90 Å². The number of hydrogen-bond donors (Lipinski definition) is 0. The molecule has 0 unspecified atom stereocenters. The molecule has 2 atom stereocenters. The lowest BCUT2D eigenvalue weighted by atomic mass is 9.78.